The maximum Gasteiger partial charge on any atom is -0.0142 e. The molecule has 0 radical (unpaired) electrons. The van der Waals surface area contributed by atoms with E-state index < -0.39 is 0 Å². The topological polar surface area (TPSA) is 0 Å². The Labute approximate surface area is 76.7 Å². The fourth-order valence-corrected chi connectivity index (χ4v) is 1.10. The molecule has 0 bridgehead atoms. The molecule has 0 aromatic carbocycles. The van der Waals surface area contributed by atoms with E-state index in [0.717, 1.165) is 12.8 Å². The minimum atomic E-state index is 1.04. The fourth-order valence-electron chi connectivity index (χ4n) is 1.10. The van der Waals surface area contributed by atoms with Crippen molar-refractivity contribution in [1.82, 2.24) is 0 Å². The van der Waals surface area contributed by atoms with Crippen LogP contribution in [0, 0.1) is 0 Å². The van der Waals surface area contributed by atoms with Crippen LogP contribution in [-0.4, -0.2) is 0 Å². The molecule has 0 aromatic heterocycles. The third kappa shape index (κ3) is 5.96. The molecule has 68 valence electrons. The second-order valence-electron chi connectivity index (χ2n) is 2.86. The highest BCUT2D eigenvalue weighted by molar-refractivity contribution is 5.06. The molecule has 0 spiro atoms. The first-order valence-corrected chi connectivity index (χ1v) is 4.75. The summed E-state index contributed by atoms with van der Waals surface area (Å²) >= 11 is 0. The molecule has 0 N–H and O–H groups in total. The van der Waals surface area contributed by atoms with Gasteiger partial charge in [0.2, 0.25) is 0 Å². The zero-order chi connectivity index (χ0) is 9.23. The summed E-state index contributed by atoms with van der Waals surface area (Å²) in [6.45, 7) is 8.00. The average molecular weight is 164 g/mol. The summed E-state index contributed by atoms with van der Waals surface area (Å²) in [5.41, 5.74) is 1.49. The van der Waals surface area contributed by atoms with Gasteiger partial charge in [0.15, 0.2) is 0 Å². The van der Waals surface area contributed by atoms with Gasteiger partial charge in [-0.25, -0.2) is 0 Å². The molecule has 0 atom stereocenters. The van der Waals surface area contributed by atoms with Crippen molar-refractivity contribution < 1.29 is 0 Å². The van der Waals surface area contributed by atoms with E-state index >= 15 is 0 Å². The summed E-state index contributed by atoms with van der Waals surface area (Å²) in [6, 6.07) is 0. The molecule has 0 heteroatoms. The lowest BCUT2D eigenvalue weighted by Crippen LogP contribution is -1.79. The van der Waals surface area contributed by atoms with Gasteiger partial charge >= 0.3 is 0 Å². The van der Waals surface area contributed by atoms with Gasteiger partial charge in [-0.05, 0) is 32.6 Å². The molecule has 12 heavy (non-hydrogen) atoms. The van der Waals surface area contributed by atoms with E-state index in [1.807, 2.05) is 6.08 Å². The second kappa shape index (κ2) is 8.32. The van der Waals surface area contributed by atoms with Gasteiger partial charge in [0.25, 0.3) is 0 Å². The van der Waals surface area contributed by atoms with Crippen LogP contribution in [0.25, 0.3) is 0 Å². The van der Waals surface area contributed by atoms with Crippen LogP contribution in [0.3, 0.4) is 0 Å². The first-order valence-electron chi connectivity index (χ1n) is 4.75. The maximum absolute atomic E-state index is 3.73. The Bertz CT molecular complexity index is 161. The maximum atomic E-state index is 3.73. The monoisotopic (exact) mass is 164 g/mol. The van der Waals surface area contributed by atoms with Crippen LogP contribution in [0.2, 0.25) is 0 Å². The molecule has 0 aromatic rings. The van der Waals surface area contributed by atoms with E-state index in [0.29, 0.717) is 0 Å². The van der Waals surface area contributed by atoms with Crippen LogP contribution in [0.4, 0.5) is 0 Å². The van der Waals surface area contributed by atoms with Crippen LogP contribution >= 0.6 is 0 Å². The molecule has 0 aliphatic carbocycles. The van der Waals surface area contributed by atoms with E-state index in [2.05, 4.69) is 38.7 Å². The number of rotatable bonds is 6. The second-order valence-corrected chi connectivity index (χ2v) is 2.86. The summed E-state index contributed by atoms with van der Waals surface area (Å²) in [6.07, 6.45) is 13.2. The molecule has 0 unspecified atom stereocenters. The molecule has 0 amide bonds. The molecule has 0 aliphatic heterocycles. The molecule has 0 saturated heterocycles. The Morgan fingerprint density at radius 1 is 1.33 bits per heavy atom. The van der Waals surface area contributed by atoms with Crippen molar-refractivity contribution in [2.24, 2.45) is 0 Å². The highest BCUT2D eigenvalue weighted by Crippen LogP contribution is 2.10. The van der Waals surface area contributed by atoms with Crippen LogP contribution in [-0.2, 0) is 0 Å². The predicted molar refractivity (Wildman–Crippen MR) is 57.2 cm³/mol. The summed E-state index contributed by atoms with van der Waals surface area (Å²) in [5, 5.41) is 0. The van der Waals surface area contributed by atoms with Crippen molar-refractivity contribution in [3.05, 3.63) is 36.5 Å². The van der Waals surface area contributed by atoms with Gasteiger partial charge in [-0.3, -0.25) is 0 Å². The van der Waals surface area contributed by atoms with Crippen molar-refractivity contribution in [2.75, 3.05) is 0 Å². The van der Waals surface area contributed by atoms with Gasteiger partial charge in [0.05, 0.1) is 0 Å². The first kappa shape index (κ1) is 11.2. The largest absolute Gasteiger partial charge is 0.103 e. The quantitative estimate of drug-likeness (QED) is 0.515. The molecular formula is C12H20. The normalized spacial score (nSPS) is 12.3. The van der Waals surface area contributed by atoms with Gasteiger partial charge in [-0.2, -0.15) is 0 Å². The van der Waals surface area contributed by atoms with E-state index in [-0.39, 0.29) is 0 Å². The Kier molecular flexibility index (Phi) is 7.78. The number of hydrogen-bond acceptors (Lipinski definition) is 0. The van der Waals surface area contributed by atoms with Crippen molar-refractivity contribution in [3.8, 4) is 0 Å². The molecule has 0 rings (SSSR count). The minimum Gasteiger partial charge on any atom is -0.103 e. The van der Waals surface area contributed by atoms with Gasteiger partial charge in [0, 0.05) is 0 Å². The summed E-state index contributed by atoms with van der Waals surface area (Å²) in [5.74, 6) is 0. The summed E-state index contributed by atoms with van der Waals surface area (Å²) in [4.78, 5) is 0. The van der Waals surface area contributed by atoms with Gasteiger partial charge < -0.3 is 0 Å². The highest BCUT2D eigenvalue weighted by Gasteiger charge is 1.90. The Hall–Kier alpha value is -0.780. The Morgan fingerprint density at radius 3 is 2.58 bits per heavy atom. The zero-order valence-corrected chi connectivity index (χ0v) is 8.34. The Morgan fingerprint density at radius 2 is 2.08 bits per heavy atom. The third-order valence-corrected chi connectivity index (χ3v) is 1.85. The summed E-state index contributed by atoms with van der Waals surface area (Å²) < 4.78 is 0. The van der Waals surface area contributed by atoms with E-state index in [4.69, 9.17) is 0 Å². The van der Waals surface area contributed by atoms with Crippen LogP contribution in [0.5, 0.6) is 0 Å². The lowest BCUT2D eigenvalue weighted by atomic mass is 10.1. The SMILES string of the molecule is C=CC/C(=C/C)CC/C=C\CC. The highest BCUT2D eigenvalue weighted by atomic mass is 14.0. The van der Waals surface area contributed by atoms with Crippen LogP contribution < -0.4 is 0 Å². The first-order chi connectivity index (χ1) is 5.85. The van der Waals surface area contributed by atoms with Crippen LogP contribution in [0.1, 0.15) is 39.5 Å². The third-order valence-electron chi connectivity index (χ3n) is 1.85. The van der Waals surface area contributed by atoms with Crippen molar-refractivity contribution in [3.63, 3.8) is 0 Å². The minimum absolute atomic E-state index is 1.04. The fraction of sp³-hybridized carbons (Fsp3) is 0.500. The lowest BCUT2D eigenvalue weighted by Gasteiger charge is -1.99. The van der Waals surface area contributed by atoms with Gasteiger partial charge in [-0.1, -0.05) is 36.8 Å². The van der Waals surface area contributed by atoms with E-state index in [9.17, 15) is 0 Å². The van der Waals surface area contributed by atoms with Crippen molar-refractivity contribution in [1.29, 1.82) is 0 Å². The van der Waals surface area contributed by atoms with Gasteiger partial charge in [-0.15, -0.1) is 6.58 Å². The predicted octanol–water partition coefficient (Wildman–Crippen LogP) is 4.26. The van der Waals surface area contributed by atoms with E-state index in [1.54, 1.807) is 0 Å². The summed E-state index contributed by atoms with van der Waals surface area (Å²) in [7, 11) is 0. The zero-order valence-electron chi connectivity index (χ0n) is 8.34. The van der Waals surface area contributed by atoms with Gasteiger partial charge in [0.1, 0.15) is 0 Å². The molecule has 0 heterocycles. The number of hydrogen-bond donors (Lipinski definition) is 0. The van der Waals surface area contributed by atoms with Crippen LogP contribution in [0.15, 0.2) is 36.5 Å². The molecule has 0 aliphatic rings. The van der Waals surface area contributed by atoms with Crippen molar-refractivity contribution >= 4 is 0 Å². The number of allylic oxidation sites excluding steroid dienone is 5. The molecular weight excluding hydrogens is 144 g/mol. The van der Waals surface area contributed by atoms with E-state index in [1.165, 1.54) is 18.4 Å². The lowest BCUT2D eigenvalue weighted by molar-refractivity contribution is 0.932. The Balaban J connectivity index is 3.59. The molecule has 0 fully saturated rings. The molecule has 0 nitrogen and oxygen atoms in total. The molecule has 0 saturated carbocycles. The standard InChI is InChI=1S/C12H20/c1-4-7-8-9-11-12(6-3)10-5-2/h5-8H,2,4,9-11H2,1,3H3/b8-7-,12-6-. The average Bonchev–Trinajstić information content (AvgIpc) is 2.10. The van der Waals surface area contributed by atoms with Crippen molar-refractivity contribution in [2.45, 2.75) is 39.5 Å². The smallest absolute Gasteiger partial charge is 0.0142 e.